The molecule has 4 heteroatoms. The van der Waals surface area contributed by atoms with Gasteiger partial charge in [-0.05, 0) is 43.2 Å². The van der Waals surface area contributed by atoms with Crippen molar-refractivity contribution in [3.63, 3.8) is 0 Å². The summed E-state index contributed by atoms with van der Waals surface area (Å²) in [5, 5.41) is 0. The molecule has 3 rings (SSSR count). The van der Waals surface area contributed by atoms with E-state index in [1.54, 1.807) is 0 Å². The maximum absolute atomic E-state index is 5.84. The minimum Gasteiger partial charge on any atom is -0.465 e. The van der Waals surface area contributed by atoms with Crippen molar-refractivity contribution in [2.24, 2.45) is 0 Å². The van der Waals surface area contributed by atoms with Crippen LogP contribution in [0.15, 0.2) is 41.1 Å². The van der Waals surface area contributed by atoms with Gasteiger partial charge in [0.05, 0.1) is 6.04 Å². The molecule has 0 saturated carbocycles. The molecule has 0 radical (unpaired) electrons. The molecule has 2 aromatic heterocycles. The number of pyridine rings is 1. The van der Waals surface area contributed by atoms with E-state index in [0.29, 0.717) is 6.04 Å². The highest BCUT2D eigenvalue weighted by molar-refractivity contribution is 7.99. The van der Waals surface area contributed by atoms with E-state index in [4.69, 9.17) is 4.42 Å². The van der Waals surface area contributed by atoms with Crippen molar-refractivity contribution >= 4 is 11.8 Å². The topological polar surface area (TPSA) is 29.3 Å². The normalized spacial score (nSPS) is 20.1. The SMILES string of the molecule is Cc1ccc([C@H]2CSCCN2CCc2ccncc2)o1. The van der Waals surface area contributed by atoms with Gasteiger partial charge in [-0.15, -0.1) is 0 Å². The second-order valence-corrected chi connectivity index (χ2v) is 6.33. The monoisotopic (exact) mass is 288 g/mol. The number of rotatable bonds is 4. The van der Waals surface area contributed by atoms with Gasteiger partial charge in [0.25, 0.3) is 0 Å². The first-order chi connectivity index (χ1) is 9.83. The van der Waals surface area contributed by atoms with Crippen LogP contribution in [0.25, 0.3) is 0 Å². The zero-order valence-electron chi connectivity index (χ0n) is 11.8. The summed E-state index contributed by atoms with van der Waals surface area (Å²) >= 11 is 2.02. The average molecular weight is 288 g/mol. The Morgan fingerprint density at radius 3 is 2.90 bits per heavy atom. The van der Waals surface area contributed by atoms with Gasteiger partial charge in [-0.1, -0.05) is 0 Å². The molecule has 1 saturated heterocycles. The van der Waals surface area contributed by atoms with Gasteiger partial charge in [0, 0.05) is 37.0 Å². The quantitative estimate of drug-likeness (QED) is 0.863. The zero-order chi connectivity index (χ0) is 13.8. The first-order valence-corrected chi connectivity index (χ1v) is 8.25. The van der Waals surface area contributed by atoms with Crippen molar-refractivity contribution in [3.05, 3.63) is 53.7 Å². The summed E-state index contributed by atoms with van der Waals surface area (Å²) in [6, 6.07) is 8.82. The lowest BCUT2D eigenvalue weighted by Crippen LogP contribution is -2.37. The fraction of sp³-hybridized carbons (Fsp3) is 0.438. The molecular weight excluding hydrogens is 268 g/mol. The summed E-state index contributed by atoms with van der Waals surface area (Å²) < 4.78 is 5.84. The van der Waals surface area contributed by atoms with E-state index in [1.165, 1.54) is 11.3 Å². The molecule has 0 unspecified atom stereocenters. The van der Waals surface area contributed by atoms with Gasteiger partial charge in [-0.25, -0.2) is 0 Å². The molecule has 0 aromatic carbocycles. The number of aromatic nitrogens is 1. The standard InChI is InChI=1S/C16H20N2OS/c1-13-2-3-16(19-13)15-12-20-11-10-18(15)9-6-14-4-7-17-8-5-14/h2-5,7-8,15H,6,9-12H2,1H3/t15-/m1/s1. The van der Waals surface area contributed by atoms with Gasteiger partial charge in [0.2, 0.25) is 0 Å². The van der Waals surface area contributed by atoms with E-state index in [9.17, 15) is 0 Å². The third-order valence-corrected chi connectivity index (χ3v) is 4.79. The van der Waals surface area contributed by atoms with Crippen LogP contribution in [-0.4, -0.2) is 34.5 Å². The summed E-state index contributed by atoms with van der Waals surface area (Å²) in [7, 11) is 0. The summed E-state index contributed by atoms with van der Waals surface area (Å²) in [4.78, 5) is 6.62. The smallest absolute Gasteiger partial charge is 0.122 e. The largest absolute Gasteiger partial charge is 0.465 e. The van der Waals surface area contributed by atoms with Gasteiger partial charge < -0.3 is 4.42 Å². The average Bonchev–Trinajstić information content (AvgIpc) is 2.93. The predicted molar refractivity (Wildman–Crippen MR) is 83.0 cm³/mol. The van der Waals surface area contributed by atoms with Gasteiger partial charge in [-0.2, -0.15) is 11.8 Å². The molecule has 20 heavy (non-hydrogen) atoms. The van der Waals surface area contributed by atoms with Crippen molar-refractivity contribution in [2.75, 3.05) is 24.6 Å². The lowest BCUT2D eigenvalue weighted by atomic mass is 10.1. The number of hydrogen-bond donors (Lipinski definition) is 0. The zero-order valence-corrected chi connectivity index (χ0v) is 12.6. The van der Waals surface area contributed by atoms with Crippen molar-refractivity contribution in [1.29, 1.82) is 0 Å². The molecule has 1 atom stereocenters. The Balaban J connectivity index is 1.66. The number of thioether (sulfide) groups is 1. The third kappa shape index (κ3) is 3.25. The summed E-state index contributed by atoms with van der Waals surface area (Å²) in [5.41, 5.74) is 1.35. The highest BCUT2D eigenvalue weighted by atomic mass is 32.2. The Morgan fingerprint density at radius 2 is 2.15 bits per heavy atom. The van der Waals surface area contributed by atoms with E-state index < -0.39 is 0 Å². The molecule has 1 fully saturated rings. The summed E-state index contributed by atoms with van der Waals surface area (Å²) in [6.07, 6.45) is 4.81. The Labute approximate surface area is 124 Å². The molecule has 3 heterocycles. The predicted octanol–water partition coefficient (Wildman–Crippen LogP) is 3.32. The number of hydrogen-bond acceptors (Lipinski definition) is 4. The number of furan rings is 1. The second-order valence-electron chi connectivity index (χ2n) is 5.18. The van der Waals surface area contributed by atoms with Crippen molar-refractivity contribution in [3.8, 4) is 0 Å². The van der Waals surface area contributed by atoms with Crippen LogP contribution in [0.1, 0.15) is 23.1 Å². The van der Waals surface area contributed by atoms with Crippen LogP contribution in [0.2, 0.25) is 0 Å². The third-order valence-electron chi connectivity index (χ3n) is 3.77. The van der Waals surface area contributed by atoms with Crippen LogP contribution >= 0.6 is 11.8 Å². The second kappa shape index (κ2) is 6.46. The molecule has 0 spiro atoms. The van der Waals surface area contributed by atoms with Gasteiger partial charge >= 0.3 is 0 Å². The van der Waals surface area contributed by atoms with E-state index in [1.807, 2.05) is 31.1 Å². The number of aryl methyl sites for hydroxylation is 1. The van der Waals surface area contributed by atoms with E-state index in [0.717, 1.165) is 36.8 Å². The van der Waals surface area contributed by atoms with Crippen LogP contribution in [0, 0.1) is 6.92 Å². The van der Waals surface area contributed by atoms with Crippen LogP contribution in [0.4, 0.5) is 0 Å². The van der Waals surface area contributed by atoms with Crippen LogP contribution in [0.5, 0.6) is 0 Å². The maximum atomic E-state index is 5.84. The molecule has 0 amide bonds. The van der Waals surface area contributed by atoms with E-state index >= 15 is 0 Å². The van der Waals surface area contributed by atoms with Crippen LogP contribution in [0.3, 0.4) is 0 Å². The minimum absolute atomic E-state index is 0.421. The van der Waals surface area contributed by atoms with Crippen LogP contribution in [-0.2, 0) is 6.42 Å². The Bertz CT molecular complexity index is 540. The van der Waals surface area contributed by atoms with Crippen molar-refractivity contribution in [2.45, 2.75) is 19.4 Å². The Hall–Kier alpha value is -1.26. The first kappa shape index (κ1) is 13.7. The molecule has 1 aliphatic heterocycles. The lowest BCUT2D eigenvalue weighted by molar-refractivity contribution is 0.197. The highest BCUT2D eigenvalue weighted by Crippen LogP contribution is 2.30. The van der Waals surface area contributed by atoms with Crippen molar-refractivity contribution in [1.82, 2.24) is 9.88 Å². The summed E-state index contributed by atoms with van der Waals surface area (Å²) in [5.74, 6) is 4.46. The Kier molecular flexibility index (Phi) is 4.43. The summed E-state index contributed by atoms with van der Waals surface area (Å²) in [6.45, 7) is 4.23. The van der Waals surface area contributed by atoms with Gasteiger partial charge in [0.15, 0.2) is 0 Å². The molecule has 0 aliphatic carbocycles. The van der Waals surface area contributed by atoms with E-state index in [-0.39, 0.29) is 0 Å². The van der Waals surface area contributed by atoms with Crippen molar-refractivity contribution < 1.29 is 4.42 Å². The van der Waals surface area contributed by atoms with E-state index in [2.05, 4.69) is 34.1 Å². The fourth-order valence-electron chi connectivity index (χ4n) is 2.62. The molecule has 0 bridgehead atoms. The molecule has 106 valence electrons. The Morgan fingerprint density at radius 1 is 1.30 bits per heavy atom. The van der Waals surface area contributed by atoms with Gasteiger partial charge in [0.1, 0.15) is 11.5 Å². The highest BCUT2D eigenvalue weighted by Gasteiger charge is 2.26. The van der Waals surface area contributed by atoms with Gasteiger partial charge in [-0.3, -0.25) is 9.88 Å². The lowest BCUT2D eigenvalue weighted by Gasteiger charge is -2.34. The number of nitrogens with zero attached hydrogens (tertiary/aromatic N) is 2. The molecule has 0 N–H and O–H groups in total. The minimum atomic E-state index is 0.421. The molecular formula is C16H20N2OS. The molecule has 1 aliphatic rings. The molecule has 3 nitrogen and oxygen atoms in total. The fourth-order valence-corrected chi connectivity index (χ4v) is 3.75. The molecule has 2 aromatic rings. The van der Waals surface area contributed by atoms with Crippen LogP contribution < -0.4 is 0 Å². The maximum Gasteiger partial charge on any atom is 0.122 e. The first-order valence-electron chi connectivity index (χ1n) is 7.10.